The Labute approximate surface area is 96.7 Å². The van der Waals surface area contributed by atoms with Crippen molar-refractivity contribution in [2.45, 2.75) is 18.2 Å². The predicted molar refractivity (Wildman–Crippen MR) is 63.9 cm³/mol. The molecule has 0 aliphatic carbocycles. The molecule has 0 aliphatic rings. The Morgan fingerprint density at radius 3 is 2.47 bits per heavy atom. The van der Waals surface area contributed by atoms with E-state index in [1.807, 2.05) is 0 Å². The van der Waals surface area contributed by atoms with Crippen molar-refractivity contribution in [3.63, 3.8) is 0 Å². The van der Waals surface area contributed by atoms with Gasteiger partial charge in [0.25, 0.3) is 0 Å². The van der Waals surface area contributed by atoms with Gasteiger partial charge in [0.1, 0.15) is 4.32 Å². The van der Waals surface area contributed by atoms with Crippen LogP contribution in [0.15, 0.2) is 18.2 Å². The van der Waals surface area contributed by atoms with Crippen molar-refractivity contribution in [1.29, 1.82) is 0 Å². The lowest BCUT2D eigenvalue weighted by molar-refractivity contribution is -0.135. The molecule has 1 rings (SSSR count). The smallest absolute Gasteiger partial charge is 0.327 e. The van der Waals surface area contributed by atoms with Crippen molar-refractivity contribution in [3.05, 3.63) is 18.2 Å². The van der Waals surface area contributed by atoms with Crippen LogP contribution in [0.1, 0.15) is 13.8 Å². The number of rotatable bonds is 2. The van der Waals surface area contributed by atoms with Crippen molar-refractivity contribution >= 4 is 33.3 Å². The number of anilines is 2. The van der Waals surface area contributed by atoms with E-state index in [1.54, 1.807) is 32.0 Å². The second-order valence-electron chi connectivity index (χ2n) is 3.66. The van der Waals surface area contributed by atoms with E-state index in [1.165, 1.54) is 0 Å². The molecular weight excluding hydrogens is 260 g/mol. The van der Waals surface area contributed by atoms with Gasteiger partial charge in [-0.1, -0.05) is 15.9 Å². The molecule has 15 heavy (non-hydrogen) atoms. The minimum absolute atomic E-state index is 0.321. The highest BCUT2D eigenvalue weighted by atomic mass is 79.9. The molecule has 5 heteroatoms. The number of nitrogens with two attached hydrogens (primary N) is 2. The van der Waals surface area contributed by atoms with Crippen molar-refractivity contribution in [1.82, 2.24) is 0 Å². The van der Waals surface area contributed by atoms with Crippen LogP contribution in [-0.4, -0.2) is 10.3 Å². The third-order valence-electron chi connectivity index (χ3n) is 1.72. The third kappa shape index (κ3) is 3.13. The molecule has 1 aromatic carbocycles. The number of nitrogen functional groups attached to an aromatic ring is 2. The van der Waals surface area contributed by atoms with E-state index >= 15 is 0 Å². The number of hydrogen-bond donors (Lipinski definition) is 2. The van der Waals surface area contributed by atoms with E-state index in [0.29, 0.717) is 17.1 Å². The summed E-state index contributed by atoms with van der Waals surface area (Å²) in [6, 6.07) is 4.74. The monoisotopic (exact) mass is 272 g/mol. The predicted octanol–water partition coefficient (Wildman–Crippen LogP) is 1.93. The summed E-state index contributed by atoms with van der Waals surface area (Å²) in [6.07, 6.45) is 0. The van der Waals surface area contributed by atoms with Crippen LogP contribution in [0.2, 0.25) is 0 Å². The summed E-state index contributed by atoms with van der Waals surface area (Å²) in [5.74, 6) is -0.0827. The Morgan fingerprint density at radius 2 is 2.00 bits per heavy atom. The molecule has 0 bridgehead atoms. The van der Waals surface area contributed by atoms with Gasteiger partial charge in [-0.3, -0.25) is 4.79 Å². The van der Waals surface area contributed by atoms with Gasteiger partial charge in [0, 0.05) is 5.69 Å². The molecular formula is C10H13BrN2O2. The molecule has 0 radical (unpaired) electrons. The van der Waals surface area contributed by atoms with Crippen LogP contribution in [0.25, 0.3) is 0 Å². The van der Waals surface area contributed by atoms with Crippen molar-refractivity contribution in [2.75, 3.05) is 11.5 Å². The molecule has 0 saturated carbocycles. The lowest BCUT2D eigenvalue weighted by atomic mass is 10.2. The molecule has 0 spiro atoms. The first kappa shape index (κ1) is 11.8. The van der Waals surface area contributed by atoms with Gasteiger partial charge in [-0.2, -0.15) is 0 Å². The molecule has 0 aromatic heterocycles. The molecule has 0 fully saturated rings. The van der Waals surface area contributed by atoms with Crippen molar-refractivity contribution in [2.24, 2.45) is 0 Å². The van der Waals surface area contributed by atoms with Crippen LogP contribution in [0, 0.1) is 0 Å². The molecule has 0 atom stereocenters. The second-order valence-corrected chi connectivity index (χ2v) is 5.64. The minimum Gasteiger partial charge on any atom is -0.423 e. The number of carbonyl (C=O) groups is 1. The Bertz CT molecular complexity index is 385. The SMILES string of the molecule is CC(C)(Br)C(=O)Oc1ccc(N)cc1N. The lowest BCUT2D eigenvalue weighted by Crippen LogP contribution is -2.29. The summed E-state index contributed by atoms with van der Waals surface area (Å²) in [5.41, 5.74) is 12.0. The Kier molecular flexibility index (Phi) is 3.24. The standard InChI is InChI=1S/C10H13BrN2O2/c1-10(2,11)9(14)15-8-4-3-6(12)5-7(8)13/h3-5H,12-13H2,1-2H3. The fourth-order valence-electron chi connectivity index (χ4n) is 0.881. The van der Waals surface area contributed by atoms with Gasteiger partial charge in [-0.25, -0.2) is 0 Å². The Morgan fingerprint density at radius 1 is 1.40 bits per heavy atom. The van der Waals surface area contributed by atoms with E-state index in [4.69, 9.17) is 16.2 Å². The van der Waals surface area contributed by atoms with Gasteiger partial charge in [-0.05, 0) is 32.0 Å². The summed E-state index contributed by atoms with van der Waals surface area (Å²) < 4.78 is 4.36. The molecule has 4 nitrogen and oxygen atoms in total. The van der Waals surface area contributed by atoms with Crippen molar-refractivity contribution < 1.29 is 9.53 Å². The van der Waals surface area contributed by atoms with Gasteiger partial charge in [0.05, 0.1) is 5.69 Å². The zero-order chi connectivity index (χ0) is 11.6. The Hall–Kier alpha value is -1.23. The molecule has 4 N–H and O–H groups in total. The molecule has 0 aliphatic heterocycles. The van der Waals surface area contributed by atoms with Gasteiger partial charge < -0.3 is 16.2 Å². The van der Waals surface area contributed by atoms with Crippen molar-refractivity contribution in [3.8, 4) is 5.75 Å². The first-order valence-electron chi connectivity index (χ1n) is 4.37. The topological polar surface area (TPSA) is 78.3 Å². The number of alkyl halides is 1. The van der Waals surface area contributed by atoms with Gasteiger partial charge in [0.15, 0.2) is 5.75 Å². The van der Waals surface area contributed by atoms with Gasteiger partial charge >= 0.3 is 5.97 Å². The number of hydrogen-bond acceptors (Lipinski definition) is 4. The fourth-order valence-corrected chi connectivity index (χ4v) is 0.962. The zero-order valence-electron chi connectivity index (χ0n) is 8.58. The summed E-state index contributed by atoms with van der Waals surface area (Å²) in [5, 5.41) is 0. The summed E-state index contributed by atoms with van der Waals surface area (Å²) in [4.78, 5) is 11.5. The number of benzene rings is 1. The van der Waals surface area contributed by atoms with Crippen LogP contribution in [0.5, 0.6) is 5.75 Å². The maximum Gasteiger partial charge on any atom is 0.327 e. The molecule has 0 saturated heterocycles. The third-order valence-corrected chi connectivity index (χ3v) is 2.05. The highest BCUT2D eigenvalue weighted by molar-refractivity contribution is 9.10. The first-order chi connectivity index (χ1) is 6.80. The highest BCUT2D eigenvalue weighted by Crippen LogP contribution is 2.26. The number of halogens is 1. The number of carbonyl (C=O) groups excluding carboxylic acids is 1. The van der Waals surface area contributed by atoms with Gasteiger partial charge in [0.2, 0.25) is 0 Å². The molecule has 1 aromatic rings. The lowest BCUT2D eigenvalue weighted by Gasteiger charge is -2.15. The number of esters is 1. The molecule has 0 heterocycles. The quantitative estimate of drug-likeness (QED) is 0.373. The van der Waals surface area contributed by atoms with Crippen LogP contribution >= 0.6 is 15.9 Å². The summed E-state index contributed by atoms with van der Waals surface area (Å²) in [6.45, 7) is 3.39. The second kappa shape index (κ2) is 4.10. The first-order valence-corrected chi connectivity index (χ1v) is 5.16. The molecule has 0 unspecified atom stereocenters. The maximum absolute atomic E-state index is 11.5. The van der Waals surface area contributed by atoms with E-state index in [9.17, 15) is 4.79 Å². The zero-order valence-corrected chi connectivity index (χ0v) is 10.2. The Balaban J connectivity index is 2.87. The van der Waals surface area contributed by atoms with Crippen LogP contribution in [0.3, 0.4) is 0 Å². The van der Waals surface area contributed by atoms with E-state index in [0.717, 1.165) is 0 Å². The van der Waals surface area contributed by atoms with Crippen LogP contribution < -0.4 is 16.2 Å². The van der Waals surface area contributed by atoms with E-state index in [2.05, 4.69) is 15.9 Å². The van der Waals surface area contributed by atoms with E-state index in [-0.39, 0.29) is 0 Å². The molecule has 82 valence electrons. The van der Waals surface area contributed by atoms with Gasteiger partial charge in [-0.15, -0.1) is 0 Å². The number of ether oxygens (including phenoxy) is 1. The maximum atomic E-state index is 11.5. The largest absolute Gasteiger partial charge is 0.423 e. The fraction of sp³-hybridized carbons (Fsp3) is 0.300. The normalized spacial score (nSPS) is 11.1. The average molecular weight is 273 g/mol. The average Bonchev–Trinajstić information content (AvgIpc) is 2.08. The van der Waals surface area contributed by atoms with E-state index < -0.39 is 10.3 Å². The van der Waals surface area contributed by atoms with Crippen LogP contribution in [-0.2, 0) is 4.79 Å². The minimum atomic E-state index is -0.735. The van der Waals surface area contributed by atoms with Crippen LogP contribution in [0.4, 0.5) is 11.4 Å². The summed E-state index contributed by atoms with van der Waals surface area (Å²) in [7, 11) is 0. The highest BCUT2D eigenvalue weighted by Gasteiger charge is 2.26. The molecule has 0 amide bonds. The summed E-state index contributed by atoms with van der Waals surface area (Å²) >= 11 is 3.20.